The molecule has 0 unspecified atom stereocenters. The molecule has 0 aliphatic rings. The molecule has 0 aromatic heterocycles. The Kier molecular flexibility index (Phi) is 5.76. The van der Waals surface area contributed by atoms with Crippen LogP contribution in [0.3, 0.4) is 0 Å². The van der Waals surface area contributed by atoms with Gasteiger partial charge in [0.1, 0.15) is 0 Å². The molecule has 2 N–H and O–H groups in total. The topological polar surface area (TPSA) is 66.4 Å². The molecule has 0 saturated heterocycles. The van der Waals surface area contributed by atoms with Gasteiger partial charge in [-0.2, -0.15) is 0 Å². The minimum absolute atomic E-state index is 0.139. The minimum atomic E-state index is -0.812. The van der Waals surface area contributed by atoms with E-state index in [0.717, 1.165) is 0 Å². The molecule has 0 fully saturated rings. The summed E-state index contributed by atoms with van der Waals surface area (Å²) in [5.41, 5.74) is 0. The number of hydrogen-bond acceptors (Lipinski definition) is 3. The molecule has 0 aromatic rings. The van der Waals surface area contributed by atoms with E-state index in [2.05, 4.69) is 5.23 Å². The average molecular weight is 142 g/mol. The number of carboxylic acids is 1. The number of aliphatic carboxylic acids is 1. The van der Waals surface area contributed by atoms with Crippen molar-refractivity contribution in [3.05, 3.63) is 0 Å². The van der Waals surface area contributed by atoms with Crippen LogP contribution in [-0.2, 0) is 9.59 Å². The summed E-state index contributed by atoms with van der Waals surface area (Å²) < 4.78 is 0. The van der Waals surface area contributed by atoms with Gasteiger partial charge in [0.2, 0.25) is 0 Å². The van der Waals surface area contributed by atoms with Crippen LogP contribution in [-0.4, -0.2) is 31.2 Å². The van der Waals surface area contributed by atoms with Crippen molar-refractivity contribution < 1.29 is 14.7 Å². The fourth-order valence-corrected chi connectivity index (χ4v) is 0.473. The second-order valence-electron chi connectivity index (χ2n) is 1.75. The minimum Gasteiger partial charge on any atom is -0.481 e. The van der Waals surface area contributed by atoms with Crippen molar-refractivity contribution in [3.63, 3.8) is 0 Å². The fraction of sp³-hybridized carbons (Fsp3) is 0.600. The Balaban J connectivity index is 2.90. The lowest BCUT2D eigenvalue weighted by molar-refractivity contribution is -0.137. The molecule has 0 spiro atoms. The molecule has 0 bridgehead atoms. The van der Waals surface area contributed by atoms with E-state index in [1.165, 1.54) is 7.41 Å². The molecule has 0 rings (SSSR count). The van der Waals surface area contributed by atoms with Crippen LogP contribution in [0.1, 0.15) is 12.8 Å². The van der Waals surface area contributed by atoms with E-state index in [-0.39, 0.29) is 6.42 Å². The predicted octanol–water partition coefficient (Wildman–Crippen LogP) is -0.750. The molecule has 0 aromatic carbocycles. The first-order chi connectivity index (χ1) is 4.77. The summed E-state index contributed by atoms with van der Waals surface area (Å²) in [4.78, 5) is 19.6. The van der Waals surface area contributed by atoms with Gasteiger partial charge in [-0.1, -0.05) is 0 Å². The molecule has 0 amide bonds. The number of carbonyl (C=O) groups is 2. The molecule has 0 aliphatic carbocycles. The van der Waals surface area contributed by atoms with Crippen LogP contribution in [0.2, 0.25) is 0 Å². The third kappa shape index (κ3) is 7.16. The smallest absolute Gasteiger partial charge is 0.303 e. The van der Waals surface area contributed by atoms with E-state index < -0.39 is 5.97 Å². The van der Waals surface area contributed by atoms with E-state index in [0.29, 0.717) is 19.2 Å². The Bertz CT molecular complexity index is 117. The van der Waals surface area contributed by atoms with Gasteiger partial charge in [0.15, 0.2) is 0 Å². The number of rotatable bonds is 6. The van der Waals surface area contributed by atoms with Crippen LogP contribution in [0.25, 0.3) is 0 Å². The largest absolute Gasteiger partial charge is 0.481 e. The maximum Gasteiger partial charge on any atom is 0.303 e. The van der Waals surface area contributed by atoms with E-state index in [1.54, 1.807) is 0 Å². The SMILES string of the molecule is O=C[B]NCCCC(=O)O. The number of carbonyl (C=O) groups excluding carboxylic acids is 1. The van der Waals surface area contributed by atoms with E-state index in [4.69, 9.17) is 5.11 Å². The van der Waals surface area contributed by atoms with Crippen LogP contribution in [0, 0.1) is 0 Å². The summed E-state index contributed by atoms with van der Waals surface area (Å²) in [5, 5.41) is 10.8. The van der Waals surface area contributed by atoms with Crippen molar-refractivity contribution >= 4 is 19.6 Å². The third-order valence-electron chi connectivity index (χ3n) is 0.898. The summed E-state index contributed by atoms with van der Waals surface area (Å²) in [6.45, 7) is 0.533. The maximum atomic E-state index is 9.92. The van der Waals surface area contributed by atoms with E-state index in [9.17, 15) is 9.59 Å². The maximum absolute atomic E-state index is 9.92. The van der Waals surface area contributed by atoms with Crippen LogP contribution in [0.15, 0.2) is 0 Å². The third-order valence-corrected chi connectivity index (χ3v) is 0.898. The lowest BCUT2D eigenvalue weighted by Gasteiger charge is -1.95. The molecule has 0 atom stereocenters. The Morgan fingerprint density at radius 3 is 2.90 bits per heavy atom. The first kappa shape index (κ1) is 9.16. The number of hydrogen-bond donors (Lipinski definition) is 2. The van der Waals surface area contributed by atoms with Crippen molar-refractivity contribution in [2.75, 3.05) is 6.54 Å². The van der Waals surface area contributed by atoms with Gasteiger partial charge in [-0.3, -0.25) is 4.79 Å². The quantitative estimate of drug-likeness (QED) is 0.291. The Labute approximate surface area is 59.9 Å². The van der Waals surface area contributed by atoms with E-state index in [1.807, 2.05) is 0 Å². The van der Waals surface area contributed by atoms with Gasteiger partial charge < -0.3 is 15.1 Å². The Morgan fingerprint density at radius 1 is 1.70 bits per heavy atom. The first-order valence-corrected chi connectivity index (χ1v) is 2.99. The number of nitrogens with one attached hydrogen (secondary N) is 1. The highest BCUT2D eigenvalue weighted by Gasteiger charge is 1.94. The molecule has 10 heavy (non-hydrogen) atoms. The Morgan fingerprint density at radius 2 is 2.40 bits per heavy atom. The van der Waals surface area contributed by atoms with Crippen LogP contribution in [0.4, 0.5) is 0 Å². The molecular formula is C5H9BNO3. The second-order valence-corrected chi connectivity index (χ2v) is 1.75. The molecule has 1 radical (unpaired) electrons. The molecule has 0 aliphatic heterocycles. The normalized spacial score (nSPS) is 8.80. The summed E-state index contributed by atoms with van der Waals surface area (Å²) in [6, 6.07) is 0. The first-order valence-electron chi connectivity index (χ1n) is 2.99. The van der Waals surface area contributed by atoms with Gasteiger partial charge in [-0.05, 0) is 13.0 Å². The molecule has 5 heteroatoms. The van der Waals surface area contributed by atoms with Gasteiger partial charge in [-0.15, -0.1) is 0 Å². The van der Waals surface area contributed by atoms with Crippen LogP contribution in [0.5, 0.6) is 0 Å². The zero-order valence-electron chi connectivity index (χ0n) is 5.54. The van der Waals surface area contributed by atoms with Crippen molar-refractivity contribution in [3.8, 4) is 0 Å². The molecule has 0 heterocycles. The zero-order valence-corrected chi connectivity index (χ0v) is 5.54. The summed E-state index contributed by atoms with van der Waals surface area (Å²) >= 11 is 0. The molecule has 0 saturated carbocycles. The van der Waals surface area contributed by atoms with E-state index >= 15 is 0 Å². The summed E-state index contributed by atoms with van der Waals surface area (Å²) in [6.07, 6.45) is 1.31. The van der Waals surface area contributed by atoms with Crippen LogP contribution < -0.4 is 5.23 Å². The summed E-state index contributed by atoms with van der Waals surface area (Å²) in [5.74, 6) is -0.812. The van der Waals surface area contributed by atoms with Gasteiger partial charge in [0, 0.05) is 6.42 Å². The highest BCUT2D eigenvalue weighted by Crippen LogP contribution is 1.84. The standard InChI is InChI=1S/C5H9BNO3/c8-4-6-7-3-1-2-5(9)10/h4,7H,1-3H2,(H,9,10). The predicted molar refractivity (Wildman–Crippen MR) is 37.4 cm³/mol. The highest BCUT2D eigenvalue weighted by molar-refractivity contribution is 6.64. The van der Waals surface area contributed by atoms with Gasteiger partial charge in [-0.25, -0.2) is 0 Å². The highest BCUT2D eigenvalue weighted by atomic mass is 16.4. The van der Waals surface area contributed by atoms with Crippen molar-refractivity contribution in [1.82, 2.24) is 5.23 Å². The number of carboxylic acid groups (broad SMARTS) is 1. The summed E-state index contributed by atoms with van der Waals surface area (Å²) in [7, 11) is 1.25. The van der Waals surface area contributed by atoms with Gasteiger partial charge in [0.05, 0.1) is 6.19 Å². The van der Waals surface area contributed by atoms with Crippen molar-refractivity contribution in [2.24, 2.45) is 0 Å². The van der Waals surface area contributed by atoms with Crippen LogP contribution >= 0.6 is 0 Å². The van der Waals surface area contributed by atoms with Gasteiger partial charge in [0.25, 0.3) is 7.41 Å². The molecule has 55 valence electrons. The molecule has 4 nitrogen and oxygen atoms in total. The van der Waals surface area contributed by atoms with Crippen molar-refractivity contribution in [1.29, 1.82) is 0 Å². The monoisotopic (exact) mass is 142 g/mol. The lowest BCUT2D eigenvalue weighted by atomic mass is 9.99. The Hall–Kier alpha value is -0.835. The lowest BCUT2D eigenvalue weighted by Crippen LogP contribution is -2.21. The fourth-order valence-electron chi connectivity index (χ4n) is 0.473. The van der Waals surface area contributed by atoms with Crippen molar-refractivity contribution in [2.45, 2.75) is 12.8 Å². The molecular weight excluding hydrogens is 133 g/mol. The zero-order chi connectivity index (χ0) is 7.82. The average Bonchev–Trinajstić information content (AvgIpc) is 1.87. The van der Waals surface area contributed by atoms with Gasteiger partial charge >= 0.3 is 5.97 Å². The second kappa shape index (κ2) is 6.29.